The van der Waals surface area contributed by atoms with Crippen molar-refractivity contribution in [3.8, 4) is 0 Å². The highest BCUT2D eigenvalue weighted by Gasteiger charge is 2.49. The van der Waals surface area contributed by atoms with Crippen LogP contribution in [0, 0.1) is 59.2 Å². The highest BCUT2D eigenvalue weighted by Crippen LogP contribution is 2.56. The molecule has 0 nitrogen and oxygen atoms in total. The van der Waals surface area contributed by atoms with Crippen LogP contribution >= 0.6 is 0 Å². The molecule has 0 aromatic carbocycles. The van der Waals surface area contributed by atoms with Gasteiger partial charge in [0.2, 0.25) is 0 Å². The van der Waals surface area contributed by atoms with E-state index in [9.17, 15) is 0 Å². The first-order chi connectivity index (χ1) is 10.3. The molecule has 130 valence electrons. The lowest BCUT2D eigenvalue weighted by molar-refractivity contribution is -0.0722. The maximum absolute atomic E-state index is 2.61. The fourth-order valence-electron chi connectivity index (χ4n) is 5.93. The van der Waals surface area contributed by atoms with Gasteiger partial charge < -0.3 is 0 Å². The third-order valence-corrected chi connectivity index (χ3v) is 8.39. The van der Waals surface area contributed by atoms with Crippen molar-refractivity contribution in [3.63, 3.8) is 0 Å². The van der Waals surface area contributed by atoms with Crippen LogP contribution < -0.4 is 0 Å². The number of hydrogen-bond donors (Lipinski definition) is 0. The van der Waals surface area contributed by atoms with Gasteiger partial charge in [-0.25, -0.2) is 0 Å². The van der Waals surface area contributed by atoms with Crippen molar-refractivity contribution in [2.75, 3.05) is 0 Å². The Hall–Kier alpha value is 0. The van der Waals surface area contributed by atoms with E-state index in [0.29, 0.717) is 0 Å². The Labute approximate surface area is 140 Å². The average molecular weight is 307 g/mol. The third-order valence-electron chi connectivity index (χ3n) is 8.39. The first-order valence-electron chi connectivity index (χ1n) is 10.3. The number of hydrogen-bond acceptors (Lipinski definition) is 0. The first-order valence-corrected chi connectivity index (χ1v) is 10.3. The van der Waals surface area contributed by atoms with E-state index in [1.54, 1.807) is 0 Å². The molecule has 2 aliphatic rings. The van der Waals surface area contributed by atoms with E-state index in [-0.39, 0.29) is 0 Å². The van der Waals surface area contributed by atoms with Crippen LogP contribution in [0.1, 0.15) is 81.1 Å². The van der Waals surface area contributed by atoms with E-state index in [2.05, 4.69) is 55.4 Å². The van der Waals surface area contributed by atoms with Crippen molar-refractivity contribution >= 4 is 0 Å². The summed E-state index contributed by atoms with van der Waals surface area (Å²) in [5.74, 6) is 9.56. The molecule has 0 heterocycles. The molecule has 0 aliphatic heterocycles. The van der Waals surface area contributed by atoms with Crippen molar-refractivity contribution in [2.45, 2.75) is 81.1 Å². The Morgan fingerprint density at radius 3 is 1.86 bits per heavy atom. The monoisotopic (exact) mass is 306 g/mol. The molecule has 22 heavy (non-hydrogen) atoms. The summed E-state index contributed by atoms with van der Waals surface area (Å²) in [6, 6.07) is 0. The molecule has 2 aliphatic carbocycles. The van der Waals surface area contributed by atoms with Crippen molar-refractivity contribution in [3.05, 3.63) is 0 Å². The molecule has 0 radical (unpaired) electrons. The topological polar surface area (TPSA) is 0 Å². The molecule has 0 heteroatoms. The predicted octanol–water partition coefficient (Wildman–Crippen LogP) is 6.90. The SMILES string of the molecule is CCC(C)C1CCC1C(C)C1CC(C)C1C(C)C(C)C(C)C. The second-order valence-corrected chi connectivity index (χ2v) is 9.57. The highest BCUT2D eigenvalue weighted by atomic mass is 14.5. The van der Waals surface area contributed by atoms with Crippen LogP contribution in [0.15, 0.2) is 0 Å². The molecule has 0 spiro atoms. The Bertz CT molecular complexity index is 344. The Morgan fingerprint density at radius 1 is 0.864 bits per heavy atom. The van der Waals surface area contributed by atoms with Gasteiger partial charge in [0.05, 0.1) is 0 Å². The first kappa shape index (κ1) is 18.3. The molecule has 0 bridgehead atoms. The van der Waals surface area contributed by atoms with Crippen LogP contribution in [0.4, 0.5) is 0 Å². The molecule has 2 fully saturated rings. The molecule has 2 saturated carbocycles. The Morgan fingerprint density at radius 2 is 1.45 bits per heavy atom. The number of rotatable bonds is 7. The lowest BCUT2D eigenvalue weighted by atomic mass is 9.49. The van der Waals surface area contributed by atoms with Gasteiger partial charge in [0, 0.05) is 0 Å². The maximum atomic E-state index is 2.61. The smallest absolute Gasteiger partial charge is 0.0329 e. The van der Waals surface area contributed by atoms with Crippen LogP contribution in [-0.2, 0) is 0 Å². The summed E-state index contributed by atoms with van der Waals surface area (Å²) < 4.78 is 0. The van der Waals surface area contributed by atoms with Gasteiger partial charge in [-0.15, -0.1) is 0 Å². The van der Waals surface area contributed by atoms with Crippen LogP contribution in [0.25, 0.3) is 0 Å². The normalized spacial score (nSPS) is 40.5. The molecule has 9 unspecified atom stereocenters. The molecule has 0 amide bonds. The summed E-state index contributed by atoms with van der Waals surface area (Å²) in [5, 5.41) is 0. The minimum Gasteiger partial charge on any atom is -0.0651 e. The van der Waals surface area contributed by atoms with Gasteiger partial charge >= 0.3 is 0 Å². The molecule has 0 aromatic rings. The molecule has 0 aromatic heterocycles. The molecular formula is C22H42. The fraction of sp³-hybridized carbons (Fsp3) is 1.00. The molecule has 0 saturated heterocycles. The molecule has 9 atom stereocenters. The van der Waals surface area contributed by atoms with Gasteiger partial charge in [-0.1, -0.05) is 61.8 Å². The Balaban J connectivity index is 1.99. The van der Waals surface area contributed by atoms with E-state index >= 15 is 0 Å². The van der Waals surface area contributed by atoms with Gasteiger partial charge in [0.15, 0.2) is 0 Å². The lowest BCUT2D eigenvalue weighted by Crippen LogP contribution is -2.49. The zero-order chi connectivity index (χ0) is 16.6. The summed E-state index contributed by atoms with van der Waals surface area (Å²) >= 11 is 0. The minimum atomic E-state index is 0.829. The van der Waals surface area contributed by atoms with Gasteiger partial charge in [0.1, 0.15) is 0 Å². The van der Waals surface area contributed by atoms with Crippen molar-refractivity contribution in [2.24, 2.45) is 59.2 Å². The molecule has 0 N–H and O–H groups in total. The van der Waals surface area contributed by atoms with Gasteiger partial charge in [-0.05, 0) is 78.4 Å². The van der Waals surface area contributed by atoms with Gasteiger partial charge in [0.25, 0.3) is 0 Å². The van der Waals surface area contributed by atoms with Crippen LogP contribution in [-0.4, -0.2) is 0 Å². The van der Waals surface area contributed by atoms with Crippen molar-refractivity contribution in [1.29, 1.82) is 0 Å². The zero-order valence-corrected chi connectivity index (χ0v) is 16.6. The average Bonchev–Trinajstić information content (AvgIpc) is 2.41. The summed E-state index contributed by atoms with van der Waals surface area (Å²) in [6.07, 6.45) is 5.90. The van der Waals surface area contributed by atoms with E-state index in [0.717, 1.165) is 59.2 Å². The summed E-state index contributed by atoms with van der Waals surface area (Å²) in [7, 11) is 0. The second kappa shape index (κ2) is 7.27. The van der Waals surface area contributed by atoms with Gasteiger partial charge in [-0.2, -0.15) is 0 Å². The highest BCUT2D eigenvalue weighted by molar-refractivity contribution is 4.98. The molecule has 2 rings (SSSR count). The minimum absolute atomic E-state index is 0.829. The summed E-state index contributed by atoms with van der Waals surface area (Å²) in [5.41, 5.74) is 0. The van der Waals surface area contributed by atoms with Gasteiger partial charge in [-0.3, -0.25) is 0 Å². The van der Waals surface area contributed by atoms with E-state index in [4.69, 9.17) is 0 Å². The molecular weight excluding hydrogens is 264 g/mol. The lowest BCUT2D eigenvalue weighted by Gasteiger charge is -2.56. The predicted molar refractivity (Wildman–Crippen MR) is 98.8 cm³/mol. The van der Waals surface area contributed by atoms with Crippen LogP contribution in [0.5, 0.6) is 0 Å². The van der Waals surface area contributed by atoms with E-state index in [1.165, 1.54) is 25.7 Å². The zero-order valence-electron chi connectivity index (χ0n) is 16.6. The van der Waals surface area contributed by atoms with Crippen molar-refractivity contribution in [1.82, 2.24) is 0 Å². The third kappa shape index (κ3) is 3.27. The van der Waals surface area contributed by atoms with Crippen molar-refractivity contribution < 1.29 is 0 Å². The van der Waals surface area contributed by atoms with Crippen LogP contribution in [0.2, 0.25) is 0 Å². The maximum Gasteiger partial charge on any atom is -0.0329 e. The standard InChI is InChI=1S/C22H42/c1-9-14(4)19-10-11-20(19)18(8)21-12-15(5)22(21)17(7)16(6)13(2)3/h13-22H,9-12H2,1-8H3. The van der Waals surface area contributed by atoms with Crippen LogP contribution in [0.3, 0.4) is 0 Å². The van der Waals surface area contributed by atoms with E-state index in [1.807, 2.05) is 0 Å². The summed E-state index contributed by atoms with van der Waals surface area (Å²) in [4.78, 5) is 0. The second-order valence-electron chi connectivity index (χ2n) is 9.57. The largest absolute Gasteiger partial charge is 0.0651 e. The Kier molecular flexibility index (Phi) is 6.06. The summed E-state index contributed by atoms with van der Waals surface area (Å²) in [6.45, 7) is 19.9. The fourth-order valence-corrected chi connectivity index (χ4v) is 5.93. The van der Waals surface area contributed by atoms with E-state index < -0.39 is 0 Å². The quantitative estimate of drug-likeness (QED) is 0.480.